The number of likely N-dealkylation sites (tertiary alicyclic amines) is 1. The number of carbonyl (C=O) groups excluding carboxylic acids is 2. The lowest BCUT2D eigenvalue weighted by Gasteiger charge is -2.43. The van der Waals surface area contributed by atoms with Gasteiger partial charge in [0.2, 0.25) is 0 Å². The molecule has 1 N–H and O–H groups in total. The molecule has 1 aliphatic carbocycles. The van der Waals surface area contributed by atoms with Gasteiger partial charge in [-0.25, -0.2) is 4.79 Å². The van der Waals surface area contributed by atoms with E-state index in [1.54, 1.807) is 38.5 Å². The predicted molar refractivity (Wildman–Crippen MR) is 139 cm³/mol. The van der Waals surface area contributed by atoms with Crippen molar-refractivity contribution in [1.29, 1.82) is 0 Å². The second-order valence-electron chi connectivity index (χ2n) is 9.79. The Labute approximate surface area is 212 Å². The summed E-state index contributed by atoms with van der Waals surface area (Å²) in [6, 6.07) is 14.8. The fourth-order valence-electron chi connectivity index (χ4n) is 5.69. The normalized spacial score (nSPS) is 21.1. The number of rotatable bonds is 5. The minimum atomic E-state index is -0.614. The van der Waals surface area contributed by atoms with Crippen molar-refractivity contribution in [3.63, 3.8) is 0 Å². The van der Waals surface area contributed by atoms with E-state index in [0.717, 1.165) is 30.1 Å². The number of urea groups is 1. The lowest BCUT2D eigenvalue weighted by atomic mass is 9.84. The molecule has 2 aromatic carbocycles. The summed E-state index contributed by atoms with van der Waals surface area (Å²) in [7, 11) is 3.23. The van der Waals surface area contributed by atoms with Crippen LogP contribution in [-0.4, -0.2) is 61.6 Å². The van der Waals surface area contributed by atoms with Gasteiger partial charge in [-0.2, -0.15) is 0 Å². The summed E-state index contributed by atoms with van der Waals surface area (Å²) in [5.41, 5.74) is 0.793. The van der Waals surface area contributed by atoms with Gasteiger partial charge < -0.3 is 14.4 Å². The summed E-state index contributed by atoms with van der Waals surface area (Å²) >= 11 is 0. The summed E-state index contributed by atoms with van der Waals surface area (Å²) in [5, 5.41) is 3.12. The third-order valence-electron chi connectivity index (χ3n) is 7.71. The fourth-order valence-corrected chi connectivity index (χ4v) is 5.69. The van der Waals surface area contributed by atoms with Crippen LogP contribution >= 0.6 is 0 Å². The van der Waals surface area contributed by atoms with Crippen LogP contribution < -0.4 is 19.7 Å². The van der Waals surface area contributed by atoms with Gasteiger partial charge in [-0.15, -0.1) is 0 Å². The summed E-state index contributed by atoms with van der Waals surface area (Å²) in [5.74, 6) is 2.15. The van der Waals surface area contributed by atoms with Crippen molar-refractivity contribution in [3.8, 4) is 11.5 Å². The Morgan fingerprint density at radius 2 is 1.67 bits per heavy atom. The van der Waals surface area contributed by atoms with Crippen molar-refractivity contribution in [3.05, 3.63) is 54.1 Å². The first-order chi connectivity index (χ1) is 17.5. The highest BCUT2D eigenvalue weighted by Crippen LogP contribution is 2.40. The maximum Gasteiger partial charge on any atom is 0.328 e. The van der Waals surface area contributed by atoms with Crippen LogP contribution in [0.15, 0.2) is 53.5 Å². The van der Waals surface area contributed by atoms with E-state index in [0.29, 0.717) is 37.2 Å². The van der Waals surface area contributed by atoms with Crippen LogP contribution in [0.4, 0.5) is 10.5 Å². The van der Waals surface area contributed by atoms with Gasteiger partial charge in [0.25, 0.3) is 5.91 Å². The van der Waals surface area contributed by atoms with E-state index < -0.39 is 5.54 Å². The van der Waals surface area contributed by atoms with E-state index >= 15 is 0 Å². The topological polar surface area (TPSA) is 83.5 Å². The number of aliphatic imine (C=N–C) groups is 1. The van der Waals surface area contributed by atoms with E-state index in [1.807, 2.05) is 34.1 Å². The fraction of sp³-hybridized carbons (Fsp3) is 0.464. The molecule has 3 amide bonds. The third kappa shape index (κ3) is 4.52. The molecule has 2 saturated heterocycles. The molecule has 2 heterocycles. The predicted octanol–water partition coefficient (Wildman–Crippen LogP) is 4.64. The lowest BCUT2D eigenvalue weighted by Crippen LogP contribution is -2.58. The molecular weight excluding hydrogens is 456 g/mol. The van der Waals surface area contributed by atoms with Gasteiger partial charge in [-0.3, -0.25) is 20.0 Å². The number of anilines is 1. The van der Waals surface area contributed by atoms with Crippen LogP contribution in [0, 0.1) is 0 Å². The van der Waals surface area contributed by atoms with Gasteiger partial charge in [0.15, 0.2) is 0 Å². The number of ether oxygens (including phenoxy) is 2. The Kier molecular flexibility index (Phi) is 6.85. The molecule has 8 heteroatoms. The van der Waals surface area contributed by atoms with Gasteiger partial charge in [0.1, 0.15) is 22.9 Å². The smallest absolute Gasteiger partial charge is 0.328 e. The number of benzene rings is 2. The zero-order valence-electron chi connectivity index (χ0n) is 21.0. The molecule has 0 radical (unpaired) electrons. The van der Waals surface area contributed by atoms with E-state index in [9.17, 15) is 9.59 Å². The number of hydrogen-bond acceptors (Lipinski definition) is 5. The van der Waals surface area contributed by atoms with Gasteiger partial charge in [0, 0.05) is 24.7 Å². The molecule has 0 atom stereocenters. The molecule has 2 aromatic rings. The second-order valence-corrected chi connectivity index (χ2v) is 9.79. The lowest BCUT2D eigenvalue weighted by molar-refractivity contribution is 0.0700. The summed E-state index contributed by atoms with van der Waals surface area (Å²) in [6.45, 7) is 1.06. The number of piperidine rings is 1. The highest BCUT2D eigenvalue weighted by Gasteiger charge is 2.53. The first-order valence-electron chi connectivity index (χ1n) is 12.8. The maximum absolute atomic E-state index is 13.4. The van der Waals surface area contributed by atoms with E-state index in [-0.39, 0.29) is 18.0 Å². The summed E-state index contributed by atoms with van der Waals surface area (Å²) in [6.07, 6.45) is 6.91. The van der Waals surface area contributed by atoms with Gasteiger partial charge in [0.05, 0.1) is 25.9 Å². The second kappa shape index (κ2) is 10.2. The average Bonchev–Trinajstić information content (AvgIpc) is 3.19. The van der Waals surface area contributed by atoms with Crippen molar-refractivity contribution < 1.29 is 19.1 Å². The van der Waals surface area contributed by atoms with Crippen LogP contribution in [-0.2, 0) is 0 Å². The third-order valence-corrected chi connectivity index (χ3v) is 7.71. The number of amides is 3. The molecule has 190 valence electrons. The Morgan fingerprint density at radius 3 is 2.33 bits per heavy atom. The number of nitrogens with one attached hydrogen (secondary N) is 1. The van der Waals surface area contributed by atoms with E-state index in [1.165, 1.54) is 19.3 Å². The van der Waals surface area contributed by atoms with Gasteiger partial charge >= 0.3 is 6.03 Å². The Bertz CT molecular complexity index is 1130. The number of carbonyl (C=O) groups is 2. The van der Waals surface area contributed by atoms with Crippen LogP contribution in [0.1, 0.15) is 55.3 Å². The molecule has 0 unspecified atom stereocenters. The Morgan fingerprint density at radius 1 is 0.972 bits per heavy atom. The first kappa shape index (κ1) is 24.2. The van der Waals surface area contributed by atoms with Crippen molar-refractivity contribution in [1.82, 2.24) is 10.2 Å². The molecule has 5 rings (SSSR count). The zero-order valence-corrected chi connectivity index (χ0v) is 21.0. The Balaban J connectivity index is 1.44. The number of methoxy groups -OCH3 is 2. The van der Waals surface area contributed by atoms with E-state index in [2.05, 4.69) is 5.32 Å². The quantitative estimate of drug-likeness (QED) is 0.662. The Hall–Kier alpha value is -3.55. The van der Waals surface area contributed by atoms with E-state index in [4.69, 9.17) is 14.5 Å². The van der Waals surface area contributed by atoms with Crippen LogP contribution in [0.25, 0.3) is 0 Å². The highest BCUT2D eigenvalue weighted by molar-refractivity contribution is 6.19. The van der Waals surface area contributed by atoms with Gasteiger partial charge in [-0.1, -0.05) is 25.3 Å². The van der Waals surface area contributed by atoms with Crippen LogP contribution in [0.5, 0.6) is 11.5 Å². The highest BCUT2D eigenvalue weighted by atomic mass is 16.5. The molecule has 0 bridgehead atoms. The van der Waals surface area contributed by atoms with Crippen molar-refractivity contribution >= 4 is 23.5 Å². The summed E-state index contributed by atoms with van der Waals surface area (Å²) < 4.78 is 10.7. The monoisotopic (exact) mass is 490 g/mol. The van der Waals surface area contributed by atoms with Crippen molar-refractivity contribution in [2.24, 2.45) is 4.99 Å². The van der Waals surface area contributed by atoms with Crippen LogP contribution in [0.3, 0.4) is 0 Å². The zero-order chi connectivity index (χ0) is 25.1. The summed E-state index contributed by atoms with van der Waals surface area (Å²) in [4.78, 5) is 35.5. The minimum Gasteiger partial charge on any atom is -0.497 e. The average molecular weight is 491 g/mol. The van der Waals surface area contributed by atoms with Crippen molar-refractivity contribution in [2.75, 3.05) is 32.2 Å². The molecule has 8 nitrogen and oxygen atoms in total. The number of hydrogen-bond donors (Lipinski definition) is 1. The first-order valence-corrected chi connectivity index (χ1v) is 12.8. The van der Waals surface area contributed by atoms with Crippen molar-refractivity contribution in [2.45, 2.75) is 56.5 Å². The molecular formula is C28H34N4O4. The molecule has 1 saturated carbocycles. The molecule has 3 aliphatic rings. The maximum atomic E-state index is 13.4. The molecule has 36 heavy (non-hydrogen) atoms. The SMILES string of the molecule is COc1ccc(C(=O)N2CCC3(CC2)C(=NC2CCCCC2)NC(=O)N3c2cccc(OC)c2)cc1. The largest absolute Gasteiger partial charge is 0.497 e. The van der Waals surface area contributed by atoms with Gasteiger partial charge in [-0.05, 0) is 62.1 Å². The molecule has 3 fully saturated rings. The van der Waals surface area contributed by atoms with Crippen LogP contribution in [0.2, 0.25) is 0 Å². The molecule has 1 spiro atoms. The minimum absolute atomic E-state index is 0.0107. The molecule has 0 aromatic heterocycles. The standard InChI is InChI=1S/C28H34N4O4/c1-35-23-13-11-20(12-14-23)25(33)31-17-15-28(16-18-31)26(29-21-7-4-3-5-8-21)30-27(34)32(28)22-9-6-10-24(19-22)36-2/h6,9-14,19,21H,3-5,7-8,15-18H2,1-2H3,(H,29,30,34). The molecule has 2 aliphatic heterocycles. The number of amidine groups is 1. The number of nitrogens with zero attached hydrogens (tertiary/aromatic N) is 3.